The molecule has 0 bridgehead atoms. The highest BCUT2D eigenvalue weighted by atomic mass is 16.2. The van der Waals surface area contributed by atoms with Crippen LogP contribution >= 0.6 is 0 Å². The van der Waals surface area contributed by atoms with Crippen LogP contribution in [0.5, 0.6) is 0 Å². The molecular weight excluding hydrogens is 352 g/mol. The van der Waals surface area contributed by atoms with Crippen molar-refractivity contribution in [3.63, 3.8) is 0 Å². The Kier molecular flexibility index (Phi) is 7.18. The van der Waals surface area contributed by atoms with Crippen LogP contribution in [0.15, 0.2) is 48.5 Å². The Labute approximate surface area is 167 Å². The molecule has 0 spiro atoms. The predicted molar refractivity (Wildman–Crippen MR) is 114 cm³/mol. The molecule has 0 radical (unpaired) electrons. The van der Waals surface area contributed by atoms with E-state index >= 15 is 0 Å². The topological polar surface area (TPSA) is 55.9 Å². The number of nitrogens with zero attached hydrogens (tertiary/aromatic N) is 3. The first-order valence-electron chi connectivity index (χ1n) is 9.26. The first kappa shape index (κ1) is 21.4. The lowest BCUT2D eigenvalue weighted by molar-refractivity contribution is 0.0827. The molecule has 6 nitrogen and oxygen atoms in total. The molecule has 1 unspecified atom stereocenters. The van der Waals surface area contributed by atoms with Gasteiger partial charge in [-0.3, -0.25) is 4.79 Å². The second-order valence-corrected chi connectivity index (χ2v) is 7.46. The van der Waals surface area contributed by atoms with Crippen LogP contribution in [-0.2, 0) is 0 Å². The van der Waals surface area contributed by atoms with Crippen LogP contribution in [0.1, 0.15) is 27.5 Å². The Hall–Kier alpha value is -2.86. The van der Waals surface area contributed by atoms with Gasteiger partial charge in [0, 0.05) is 38.9 Å². The molecule has 0 aliphatic heterocycles. The molecule has 150 valence electrons. The third kappa shape index (κ3) is 5.33. The minimum absolute atomic E-state index is 0.0618. The van der Waals surface area contributed by atoms with Gasteiger partial charge in [0.25, 0.3) is 5.91 Å². The molecule has 2 aromatic carbocycles. The zero-order valence-electron chi connectivity index (χ0n) is 17.6. The number of nitrogens with one attached hydrogen (secondary N) is 1. The Balaban J connectivity index is 2.19. The van der Waals surface area contributed by atoms with E-state index in [-0.39, 0.29) is 18.0 Å². The molecule has 2 aromatic rings. The monoisotopic (exact) mass is 382 g/mol. The SMILES string of the molecule is Cc1cc(C(=O)N(C)C)ccc1NC(=O)N(C)C(CN(C)C)c1ccccc1. The number of anilines is 1. The average molecular weight is 383 g/mol. The Bertz CT molecular complexity index is 819. The van der Waals surface area contributed by atoms with E-state index in [0.717, 1.165) is 11.1 Å². The summed E-state index contributed by atoms with van der Waals surface area (Å²) in [4.78, 5) is 30.3. The minimum atomic E-state index is -0.189. The maximum Gasteiger partial charge on any atom is 0.322 e. The summed E-state index contributed by atoms with van der Waals surface area (Å²) < 4.78 is 0. The van der Waals surface area contributed by atoms with E-state index < -0.39 is 0 Å². The number of urea groups is 1. The summed E-state index contributed by atoms with van der Waals surface area (Å²) in [6.45, 7) is 2.60. The van der Waals surface area contributed by atoms with Crippen molar-refractivity contribution < 1.29 is 9.59 Å². The van der Waals surface area contributed by atoms with Gasteiger partial charge < -0.3 is 20.0 Å². The highest BCUT2D eigenvalue weighted by molar-refractivity contribution is 5.96. The van der Waals surface area contributed by atoms with Gasteiger partial charge in [-0.05, 0) is 50.3 Å². The molecule has 0 aromatic heterocycles. The van der Waals surface area contributed by atoms with Gasteiger partial charge in [0.15, 0.2) is 0 Å². The summed E-state index contributed by atoms with van der Waals surface area (Å²) in [6, 6.07) is 15.0. The van der Waals surface area contributed by atoms with Crippen molar-refractivity contribution in [3.8, 4) is 0 Å². The predicted octanol–water partition coefficient (Wildman–Crippen LogP) is 3.46. The molecule has 2 rings (SSSR count). The van der Waals surface area contributed by atoms with Crippen LogP contribution in [0.25, 0.3) is 0 Å². The molecule has 0 aliphatic carbocycles. The van der Waals surface area contributed by atoms with Crippen LogP contribution < -0.4 is 5.32 Å². The van der Waals surface area contributed by atoms with E-state index in [1.807, 2.05) is 51.4 Å². The molecule has 0 saturated carbocycles. The van der Waals surface area contributed by atoms with E-state index in [0.29, 0.717) is 17.8 Å². The standard InChI is InChI=1S/C22H30N4O2/c1-16-14-18(21(27)25(4)5)12-13-19(16)23-22(28)26(6)20(15-24(2)3)17-10-8-7-9-11-17/h7-14,20H,15H2,1-6H3,(H,23,28). The number of aryl methyl sites for hydroxylation is 1. The van der Waals surface area contributed by atoms with Crippen molar-refractivity contribution in [1.29, 1.82) is 0 Å². The number of carbonyl (C=O) groups is 2. The Morgan fingerprint density at radius 3 is 2.14 bits per heavy atom. The van der Waals surface area contributed by atoms with Crippen LogP contribution in [0, 0.1) is 6.92 Å². The van der Waals surface area contributed by atoms with E-state index in [9.17, 15) is 9.59 Å². The number of hydrogen-bond acceptors (Lipinski definition) is 3. The molecule has 1 N–H and O–H groups in total. The fourth-order valence-electron chi connectivity index (χ4n) is 3.01. The zero-order valence-corrected chi connectivity index (χ0v) is 17.6. The van der Waals surface area contributed by atoms with Gasteiger partial charge in [0.05, 0.1) is 6.04 Å². The quantitative estimate of drug-likeness (QED) is 0.832. The summed E-state index contributed by atoms with van der Waals surface area (Å²) >= 11 is 0. The molecule has 0 heterocycles. The van der Waals surface area contributed by atoms with Crippen LogP contribution in [0.2, 0.25) is 0 Å². The van der Waals surface area contributed by atoms with Crippen molar-refractivity contribution in [1.82, 2.24) is 14.7 Å². The van der Waals surface area contributed by atoms with Gasteiger partial charge in [0.2, 0.25) is 0 Å². The minimum Gasteiger partial charge on any atom is -0.345 e. The molecule has 6 heteroatoms. The number of amides is 3. The molecule has 0 fully saturated rings. The van der Waals surface area contributed by atoms with E-state index in [1.165, 1.54) is 4.90 Å². The lowest BCUT2D eigenvalue weighted by Crippen LogP contribution is -2.39. The van der Waals surface area contributed by atoms with E-state index in [2.05, 4.69) is 10.2 Å². The van der Waals surface area contributed by atoms with Crippen molar-refractivity contribution in [2.24, 2.45) is 0 Å². The zero-order chi connectivity index (χ0) is 20.8. The number of likely N-dealkylation sites (N-methyl/N-ethyl adjacent to an activating group) is 2. The van der Waals surface area contributed by atoms with Gasteiger partial charge in [-0.1, -0.05) is 30.3 Å². The van der Waals surface area contributed by atoms with Gasteiger partial charge in [-0.15, -0.1) is 0 Å². The lowest BCUT2D eigenvalue weighted by Gasteiger charge is -2.31. The fourth-order valence-corrected chi connectivity index (χ4v) is 3.01. The van der Waals surface area contributed by atoms with Crippen molar-refractivity contribution >= 4 is 17.6 Å². The molecule has 0 aliphatic rings. The maximum absolute atomic E-state index is 12.9. The first-order valence-corrected chi connectivity index (χ1v) is 9.26. The van der Waals surface area contributed by atoms with Gasteiger partial charge in [0.1, 0.15) is 0 Å². The summed E-state index contributed by atoms with van der Waals surface area (Å²) in [7, 11) is 9.22. The molecule has 28 heavy (non-hydrogen) atoms. The van der Waals surface area contributed by atoms with Crippen LogP contribution in [-0.4, -0.2) is 68.4 Å². The van der Waals surface area contributed by atoms with Crippen LogP contribution in [0.3, 0.4) is 0 Å². The van der Waals surface area contributed by atoms with E-state index in [4.69, 9.17) is 0 Å². The number of benzene rings is 2. The maximum atomic E-state index is 12.9. The van der Waals surface area contributed by atoms with E-state index in [1.54, 1.807) is 44.2 Å². The van der Waals surface area contributed by atoms with Gasteiger partial charge >= 0.3 is 6.03 Å². The van der Waals surface area contributed by atoms with Crippen molar-refractivity contribution in [3.05, 3.63) is 65.2 Å². The molecular formula is C22H30N4O2. The first-order chi connectivity index (χ1) is 13.2. The summed E-state index contributed by atoms with van der Waals surface area (Å²) in [5.74, 6) is -0.0618. The highest BCUT2D eigenvalue weighted by Crippen LogP contribution is 2.23. The average Bonchev–Trinajstić information content (AvgIpc) is 2.66. The smallest absolute Gasteiger partial charge is 0.322 e. The highest BCUT2D eigenvalue weighted by Gasteiger charge is 2.23. The third-order valence-electron chi connectivity index (χ3n) is 4.63. The largest absolute Gasteiger partial charge is 0.345 e. The Morgan fingerprint density at radius 2 is 1.61 bits per heavy atom. The molecule has 0 saturated heterocycles. The number of carbonyl (C=O) groups excluding carboxylic acids is 2. The second kappa shape index (κ2) is 9.37. The lowest BCUT2D eigenvalue weighted by atomic mass is 10.1. The Morgan fingerprint density at radius 1 is 0.964 bits per heavy atom. The fraction of sp³-hybridized carbons (Fsp3) is 0.364. The molecule has 1 atom stereocenters. The summed E-state index contributed by atoms with van der Waals surface area (Å²) in [5, 5.41) is 2.97. The van der Waals surface area contributed by atoms with Gasteiger partial charge in [-0.25, -0.2) is 4.79 Å². The number of rotatable bonds is 6. The molecule has 3 amide bonds. The van der Waals surface area contributed by atoms with Crippen LogP contribution in [0.4, 0.5) is 10.5 Å². The normalized spacial score (nSPS) is 11.8. The third-order valence-corrected chi connectivity index (χ3v) is 4.63. The van der Waals surface area contributed by atoms with Crippen molar-refractivity contribution in [2.45, 2.75) is 13.0 Å². The van der Waals surface area contributed by atoms with Crippen molar-refractivity contribution in [2.75, 3.05) is 47.1 Å². The summed E-state index contributed by atoms with van der Waals surface area (Å²) in [6.07, 6.45) is 0. The number of hydrogen-bond donors (Lipinski definition) is 1. The van der Waals surface area contributed by atoms with Gasteiger partial charge in [-0.2, -0.15) is 0 Å². The second-order valence-electron chi connectivity index (χ2n) is 7.46. The summed E-state index contributed by atoms with van der Waals surface area (Å²) in [5.41, 5.74) is 3.23.